The summed E-state index contributed by atoms with van der Waals surface area (Å²) in [5.74, 6) is 1.64. The van der Waals surface area contributed by atoms with Gasteiger partial charge in [-0.15, -0.1) is 0 Å². The minimum atomic E-state index is -2.80. The van der Waals surface area contributed by atoms with Crippen molar-refractivity contribution in [3.8, 4) is 17.0 Å². The first-order chi connectivity index (χ1) is 24.5. The highest BCUT2D eigenvalue weighted by molar-refractivity contribution is 9.10. The number of rotatable bonds is 9. The second kappa shape index (κ2) is 14.4. The van der Waals surface area contributed by atoms with E-state index in [-0.39, 0.29) is 18.5 Å². The van der Waals surface area contributed by atoms with Crippen molar-refractivity contribution in [1.82, 2.24) is 44.5 Å². The Hall–Kier alpha value is -4.24. The molecule has 0 bridgehead atoms. The molecule has 268 valence electrons. The average Bonchev–Trinajstić information content (AvgIpc) is 3.55. The van der Waals surface area contributed by atoms with E-state index in [1.54, 1.807) is 49.9 Å². The van der Waals surface area contributed by atoms with E-state index >= 15 is 4.39 Å². The topological polar surface area (TPSA) is 142 Å². The lowest BCUT2D eigenvalue weighted by molar-refractivity contribution is 0.0531. The van der Waals surface area contributed by atoms with Crippen LogP contribution in [0.3, 0.4) is 0 Å². The molecule has 2 unspecified atom stereocenters. The van der Waals surface area contributed by atoms with E-state index in [1.807, 2.05) is 36.3 Å². The van der Waals surface area contributed by atoms with Crippen LogP contribution in [0.5, 0.6) is 5.88 Å². The van der Waals surface area contributed by atoms with Crippen LogP contribution >= 0.6 is 23.1 Å². The monoisotopic (exact) mass is 778 g/mol. The molecule has 17 heteroatoms. The number of piperidine rings is 1. The SMILES string of the molecule is COc1nc(N2CCC(N3CCN(C)CC3)C(F)C2)c(-c2cnn(C)c2)cc1Nc1ncc(Br)c(Nc2ccc3nccnc3c2P(C)(C)=O)n1. The molecule has 2 aliphatic rings. The summed E-state index contributed by atoms with van der Waals surface area (Å²) >= 11 is 3.56. The highest BCUT2D eigenvalue weighted by atomic mass is 79.9. The number of benzene rings is 1. The number of nitrogens with zero attached hydrogens (tertiary/aromatic N) is 10. The summed E-state index contributed by atoms with van der Waals surface area (Å²) in [6.07, 6.45) is 8.17. The zero-order valence-corrected chi connectivity index (χ0v) is 31.7. The van der Waals surface area contributed by atoms with Gasteiger partial charge in [0, 0.05) is 81.7 Å². The number of pyridine rings is 1. The summed E-state index contributed by atoms with van der Waals surface area (Å²) in [5, 5.41) is 11.6. The Labute approximate surface area is 304 Å². The fraction of sp³-hybridized carbons (Fsp3) is 0.412. The van der Waals surface area contributed by atoms with Crippen molar-refractivity contribution in [2.24, 2.45) is 7.05 Å². The summed E-state index contributed by atoms with van der Waals surface area (Å²) in [5.41, 5.74) is 3.95. The molecular formula is C34H41BrFN12O2P. The maximum atomic E-state index is 15.9. The Morgan fingerprint density at radius 1 is 0.980 bits per heavy atom. The summed E-state index contributed by atoms with van der Waals surface area (Å²) < 4.78 is 37.5. The fourth-order valence-corrected chi connectivity index (χ4v) is 8.51. The summed E-state index contributed by atoms with van der Waals surface area (Å²) in [7, 11) is 2.71. The van der Waals surface area contributed by atoms with Crippen molar-refractivity contribution in [2.75, 3.05) is 82.3 Å². The lowest BCUT2D eigenvalue weighted by atomic mass is 9.99. The van der Waals surface area contributed by atoms with Crippen LogP contribution in [-0.4, -0.2) is 123 Å². The second-order valence-electron chi connectivity index (χ2n) is 13.4. The van der Waals surface area contributed by atoms with Gasteiger partial charge in [0.15, 0.2) is 0 Å². The van der Waals surface area contributed by atoms with Crippen LogP contribution in [0, 0.1) is 0 Å². The molecule has 2 N–H and O–H groups in total. The lowest BCUT2D eigenvalue weighted by Crippen LogP contribution is -2.57. The van der Waals surface area contributed by atoms with Gasteiger partial charge in [0.25, 0.3) is 0 Å². The number of anilines is 5. The number of ether oxygens (including phenoxy) is 1. The van der Waals surface area contributed by atoms with Crippen LogP contribution in [0.4, 0.5) is 33.3 Å². The molecule has 4 aromatic heterocycles. The molecule has 51 heavy (non-hydrogen) atoms. The van der Waals surface area contributed by atoms with E-state index in [4.69, 9.17) is 14.7 Å². The quantitative estimate of drug-likeness (QED) is 0.197. The van der Waals surface area contributed by atoms with Gasteiger partial charge in [0.05, 0.1) is 40.8 Å². The van der Waals surface area contributed by atoms with E-state index in [0.29, 0.717) is 62.7 Å². The largest absolute Gasteiger partial charge is 0.479 e. The molecular weight excluding hydrogens is 738 g/mol. The van der Waals surface area contributed by atoms with Crippen molar-refractivity contribution in [1.29, 1.82) is 0 Å². The first kappa shape index (κ1) is 35.2. The van der Waals surface area contributed by atoms with E-state index in [0.717, 1.165) is 37.3 Å². The van der Waals surface area contributed by atoms with E-state index in [9.17, 15) is 4.57 Å². The van der Waals surface area contributed by atoms with Gasteiger partial charge in [0.2, 0.25) is 11.8 Å². The van der Waals surface area contributed by atoms with Gasteiger partial charge in [-0.25, -0.2) is 9.37 Å². The molecule has 5 aromatic rings. The number of fused-ring (bicyclic) bond motifs is 1. The second-order valence-corrected chi connectivity index (χ2v) is 17.4. The molecule has 1 aromatic carbocycles. The van der Waals surface area contributed by atoms with Gasteiger partial charge in [-0.05, 0) is 60.9 Å². The predicted octanol–water partition coefficient (Wildman–Crippen LogP) is 4.89. The Bertz CT molecular complexity index is 2100. The Kier molecular flexibility index (Phi) is 9.94. The number of halogens is 2. The molecule has 0 aliphatic carbocycles. The minimum absolute atomic E-state index is 0.114. The number of likely N-dealkylation sites (N-methyl/N-ethyl adjacent to an activating group) is 1. The number of piperazine rings is 1. The first-order valence-electron chi connectivity index (χ1n) is 16.7. The molecule has 0 amide bonds. The third kappa shape index (κ3) is 7.41. The number of aryl methyl sites for hydroxylation is 1. The van der Waals surface area contributed by atoms with Crippen LogP contribution in [0.1, 0.15) is 6.42 Å². The summed E-state index contributed by atoms with van der Waals surface area (Å²) in [6.45, 7) is 7.94. The lowest BCUT2D eigenvalue weighted by Gasteiger charge is -2.44. The van der Waals surface area contributed by atoms with Crippen molar-refractivity contribution in [3.63, 3.8) is 0 Å². The van der Waals surface area contributed by atoms with Gasteiger partial charge in [-0.2, -0.15) is 15.1 Å². The number of alkyl halides is 1. The molecule has 2 aliphatic heterocycles. The third-order valence-corrected chi connectivity index (χ3v) is 11.5. The van der Waals surface area contributed by atoms with E-state index < -0.39 is 13.3 Å². The van der Waals surface area contributed by atoms with Crippen LogP contribution in [0.2, 0.25) is 0 Å². The molecule has 0 radical (unpaired) electrons. The number of hydrogen-bond acceptors (Lipinski definition) is 13. The first-order valence-corrected chi connectivity index (χ1v) is 20.1. The molecule has 2 atom stereocenters. The summed E-state index contributed by atoms with van der Waals surface area (Å²) in [4.78, 5) is 29.7. The number of methoxy groups -OCH3 is 1. The van der Waals surface area contributed by atoms with Gasteiger partial charge < -0.3 is 29.7 Å². The van der Waals surface area contributed by atoms with Crippen molar-refractivity contribution >= 4 is 68.4 Å². The zero-order valence-electron chi connectivity index (χ0n) is 29.2. The Balaban J connectivity index is 1.20. The van der Waals surface area contributed by atoms with Crippen molar-refractivity contribution < 1.29 is 13.7 Å². The molecule has 7 rings (SSSR count). The number of hydrogen-bond donors (Lipinski definition) is 2. The van der Waals surface area contributed by atoms with Crippen LogP contribution < -0.4 is 25.6 Å². The van der Waals surface area contributed by atoms with E-state index in [2.05, 4.69) is 63.5 Å². The van der Waals surface area contributed by atoms with Crippen molar-refractivity contribution in [2.45, 2.75) is 18.6 Å². The van der Waals surface area contributed by atoms with Gasteiger partial charge >= 0.3 is 0 Å². The van der Waals surface area contributed by atoms with Gasteiger partial charge in [0.1, 0.15) is 36.2 Å². The molecule has 2 fully saturated rings. The summed E-state index contributed by atoms with van der Waals surface area (Å²) in [6, 6.07) is 5.46. The predicted molar refractivity (Wildman–Crippen MR) is 202 cm³/mol. The third-order valence-electron chi connectivity index (χ3n) is 9.39. The number of aromatic nitrogens is 7. The normalized spacial score (nSPS) is 19.0. The maximum Gasteiger partial charge on any atom is 0.239 e. The molecule has 0 saturated carbocycles. The van der Waals surface area contributed by atoms with Gasteiger partial charge in [-0.1, -0.05) is 0 Å². The van der Waals surface area contributed by atoms with Crippen molar-refractivity contribution in [3.05, 3.63) is 53.7 Å². The molecule has 14 nitrogen and oxygen atoms in total. The molecule has 2 saturated heterocycles. The standard InChI is InChI=1S/C34H41BrFN12O2P/c1-45-12-14-47(15-13-45)28-8-11-48(20-24(28)36)32-22(21-17-40-46(2)19-21)16-27(33(44-32)50-3)42-34-39-18-23(35)31(43-34)41-26-7-6-25-29(38-10-9-37-25)30(26)51(4,5)49/h6-7,9-10,16-19,24,28H,8,11-15,20H2,1-5H3,(H2,39,41,42,43). The highest BCUT2D eigenvalue weighted by Crippen LogP contribution is 2.42. The molecule has 0 spiro atoms. The maximum absolute atomic E-state index is 15.9. The number of nitrogens with one attached hydrogen (secondary N) is 2. The Morgan fingerprint density at radius 3 is 2.47 bits per heavy atom. The molecule has 6 heterocycles. The zero-order chi connectivity index (χ0) is 35.9. The van der Waals surface area contributed by atoms with Crippen LogP contribution in [0.25, 0.3) is 22.2 Å². The fourth-order valence-electron chi connectivity index (χ4n) is 6.83. The van der Waals surface area contributed by atoms with Crippen LogP contribution in [-0.2, 0) is 11.6 Å². The smallest absolute Gasteiger partial charge is 0.239 e. The Morgan fingerprint density at radius 2 is 1.76 bits per heavy atom. The average molecular weight is 780 g/mol. The van der Waals surface area contributed by atoms with E-state index in [1.165, 1.54) is 0 Å². The highest BCUT2D eigenvalue weighted by Gasteiger charge is 2.36. The minimum Gasteiger partial charge on any atom is -0.479 e. The van der Waals surface area contributed by atoms with Gasteiger partial charge in [-0.3, -0.25) is 19.5 Å². The van der Waals surface area contributed by atoms with Crippen LogP contribution in [0.15, 0.2) is 53.7 Å².